The highest BCUT2D eigenvalue weighted by Crippen LogP contribution is 2.48. The number of hydrogen-bond acceptors (Lipinski definition) is 2. The molecule has 0 spiro atoms. The van der Waals surface area contributed by atoms with E-state index in [4.69, 9.17) is 0 Å². The van der Waals surface area contributed by atoms with E-state index in [-0.39, 0.29) is 0 Å². The SMILES string of the molecule is Cc1cc(-c2cc(C)c(N(c3ccc(-c4ccc5ccccc5c4)cc3)c3ccccc3-c3ccccc3)c(C)c2)cc(C)c1N(c1ccc(-c2ccc3ccccc3c2)cc1)c1ccccc1-c1ccccc1. The third-order valence-electron chi connectivity index (χ3n) is 14.6. The minimum atomic E-state index is 1.11. The van der Waals surface area contributed by atoms with E-state index in [9.17, 15) is 0 Å². The Morgan fingerprint density at radius 2 is 0.527 bits per heavy atom. The topological polar surface area (TPSA) is 6.48 Å². The Hall–Kier alpha value is -9.24. The molecule has 12 aromatic carbocycles. The minimum absolute atomic E-state index is 1.11. The van der Waals surface area contributed by atoms with E-state index >= 15 is 0 Å². The van der Waals surface area contributed by atoms with Gasteiger partial charge in [-0.2, -0.15) is 0 Å². The Balaban J connectivity index is 0.951. The first-order valence-electron chi connectivity index (χ1n) is 25.7. The highest BCUT2D eigenvalue weighted by atomic mass is 15.2. The molecule has 354 valence electrons. The summed E-state index contributed by atoms with van der Waals surface area (Å²) in [4.78, 5) is 4.93. The highest BCUT2D eigenvalue weighted by Gasteiger charge is 2.24. The lowest BCUT2D eigenvalue weighted by molar-refractivity contribution is 1.21. The zero-order chi connectivity index (χ0) is 50.1. The van der Waals surface area contributed by atoms with Gasteiger partial charge in [0.2, 0.25) is 0 Å². The van der Waals surface area contributed by atoms with Crippen molar-refractivity contribution in [2.75, 3.05) is 9.80 Å². The number of aryl methyl sites for hydroxylation is 4. The van der Waals surface area contributed by atoms with E-state index < -0.39 is 0 Å². The van der Waals surface area contributed by atoms with Gasteiger partial charge in [0.15, 0.2) is 0 Å². The largest absolute Gasteiger partial charge is 0.309 e. The van der Waals surface area contributed by atoms with Gasteiger partial charge in [0.05, 0.1) is 22.7 Å². The zero-order valence-electron chi connectivity index (χ0n) is 42.3. The summed E-state index contributed by atoms with van der Waals surface area (Å²) in [6.45, 7) is 9.08. The number of nitrogens with zero attached hydrogens (tertiary/aromatic N) is 2. The molecule has 12 aromatic rings. The summed E-state index contributed by atoms with van der Waals surface area (Å²) in [5, 5.41) is 4.98. The Morgan fingerprint density at radius 1 is 0.216 bits per heavy atom. The molecular weight excluding hydrogens is 893 g/mol. The zero-order valence-corrected chi connectivity index (χ0v) is 42.3. The van der Waals surface area contributed by atoms with Crippen LogP contribution in [0.25, 0.3) is 77.2 Å². The molecule has 0 aliphatic rings. The van der Waals surface area contributed by atoms with E-state index in [0.29, 0.717) is 0 Å². The van der Waals surface area contributed by atoms with Gasteiger partial charge >= 0.3 is 0 Å². The number of rotatable bonds is 11. The number of anilines is 6. The maximum absolute atomic E-state index is 2.47. The fourth-order valence-electron chi connectivity index (χ4n) is 11.1. The van der Waals surface area contributed by atoms with Gasteiger partial charge in [-0.15, -0.1) is 0 Å². The van der Waals surface area contributed by atoms with Crippen LogP contribution in [-0.2, 0) is 0 Å². The predicted octanol–water partition coefficient (Wildman–Crippen LogP) is 20.5. The van der Waals surface area contributed by atoms with Crippen molar-refractivity contribution >= 4 is 55.7 Å². The summed E-state index contributed by atoms with van der Waals surface area (Å²) < 4.78 is 0. The van der Waals surface area contributed by atoms with Gasteiger partial charge in [-0.05, 0) is 189 Å². The van der Waals surface area contributed by atoms with Crippen molar-refractivity contribution in [3.63, 3.8) is 0 Å². The standard InChI is InChI=1S/C72H56N2/c1-49-43-63(44-50(2)71(49)73(69-29-17-15-27-67(69)57-21-7-5-8-22-57)65-39-35-55(36-40-65)61-33-31-53-19-11-13-25-59(53)47-61)64-45-51(3)72(52(4)46-64)74(70-30-18-16-28-68(70)58-23-9-6-10-24-58)66-41-37-56(38-42-66)62-34-32-54-20-12-14-26-60(54)48-62/h5-48H,1-4H3. The lowest BCUT2D eigenvalue weighted by Gasteiger charge is -2.32. The van der Waals surface area contributed by atoms with Crippen LogP contribution < -0.4 is 9.80 Å². The number of fused-ring (bicyclic) bond motifs is 2. The normalized spacial score (nSPS) is 11.2. The molecule has 74 heavy (non-hydrogen) atoms. The van der Waals surface area contributed by atoms with Crippen molar-refractivity contribution in [1.82, 2.24) is 0 Å². The molecular formula is C72H56N2. The first kappa shape index (κ1) is 45.9. The summed E-state index contributed by atoms with van der Waals surface area (Å²) in [6, 6.07) is 97.5. The Labute approximate surface area is 435 Å². The molecule has 0 unspecified atom stereocenters. The van der Waals surface area contributed by atoms with Gasteiger partial charge in [0.1, 0.15) is 0 Å². The molecule has 0 amide bonds. The summed E-state index contributed by atoms with van der Waals surface area (Å²) in [5.41, 5.74) is 23.5. The second-order valence-electron chi connectivity index (χ2n) is 19.6. The fraction of sp³-hybridized carbons (Fsp3) is 0.0556. The van der Waals surface area contributed by atoms with E-state index in [1.165, 1.54) is 111 Å². The Morgan fingerprint density at radius 3 is 0.905 bits per heavy atom. The van der Waals surface area contributed by atoms with Crippen molar-refractivity contribution < 1.29 is 0 Å². The van der Waals surface area contributed by atoms with Gasteiger partial charge < -0.3 is 9.80 Å². The fourth-order valence-corrected chi connectivity index (χ4v) is 11.1. The summed E-state index contributed by atoms with van der Waals surface area (Å²) in [5.74, 6) is 0. The maximum atomic E-state index is 2.47. The molecule has 0 N–H and O–H groups in total. The van der Waals surface area contributed by atoms with Crippen molar-refractivity contribution in [2.45, 2.75) is 27.7 Å². The van der Waals surface area contributed by atoms with Crippen LogP contribution >= 0.6 is 0 Å². The van der Waals surface area contributed by atoms with E-state index in [0.717, 1.165) is 22.7 Å². The van der Waals surface area contributed by atoms with Crippen LogP contribution in [0.1, 0.15) is 22.3 Å². The molecule has 0 radical (unpaired) electrons. The molecule has 0 aliphatic heterocycles. The van der Waals surface area contributed by atoms with Crippen molar-refractivity contribution in [3.8, 4) is 55.6 Å². The molecule has 0 saturated heterocycles. The van der Waals surface area contributed by atoms with Gasteiger partial charge in [0.25, 0.3) is 0 Å². The quantitative estimate of drug-likeness (QED) is 0.127. The van der Waals surface area contributed by atoms with Crippen molar-refractivity contribution in [2.24, 2.45) is 0 Å². The maximum Gasteiger partial charge on any atom is 0.0540 e. The second kappa shape index (κ2) is 19.8. The average molecular weight is 949 g/mol. The van der Waals surface area contributed by atoms with Crippen LogP contribution in [0.15, 0.2) is 267 Å². The summed E-state index contributed by atoms with van der Waals surface area (Å²) in [6.07, 6.45) is 0. The highest BCUT2D eigenvalue weighted by molar-refractivity contribution is 5.95. The molecule has 0 bridgehead atoms. The summed E-state index contributed by atoms with van der Waals surface area (Å²) >= 11 is 0. The molecule has 0 atom stereocenters. The molecule has 12 rings (SSSR count). The Bertz CT molecular complexity index is 3680. The number of para-hydroxylation sites is 2. The minimum Gasteiger partial charge on any atom is -0.309 e. The lowest BCUT2D eigenvalue weighted by atomic mass is 9.93. The van der Waals surface area contributed by atoms with Crippen molar-refractivity contribution in [3.05, 3.63) is 289 Å². The van der Waals surface area contributed by atoms with Crippen LogP contribution in [0.3, 0.4) is 0 Å². The number of benzene rings is 12. The number of hydrogen-bond donors (Lipinski definition) is 0. The van der Waals surface area contributed by atoms with Crippen molar-refractivity contribution in [1.29, 1.82) is 0 Å². The van der Waals surface area contributed by atoms with Gasteiger partial charge in [-0.25, -0.2) is 0 Å². The van der Waals surface area contributed by atoms with Crippen LogP contribution in [0.5, 0.6) is 0 Å². The van der Waals surface area contributed by atoms with Crippen LogP contribution in [-0.4, -0.2) is 0 Å². The Kier molecular flexibility index (Phi) is 12.2. The monoisotopic (exact) mass is 948 g/mol. The van der Waals surface area contributed by atoms with Gasteiger partial charge in [0, 0.05) is 22.5 Å². The second-order valence-corrected chi connectivity index (χ2v) is 19.6. The molecule has 0 aromatic heterocycles. The first-order chi connectivity index (χ1) is 36.3. The van der Waals surface area contributed by atoms with Gasteiger partial charge in [-0.3, -0.25) is 0 Å². The molecule has 2 heteroatoms. The van der Waals surface area contributed by atoms with E-state index in [1.54, 1.807) is 0 Å². The third-order valence-corrected chi connectivity index (χ3v) is 14.6. The smallest absolute Gasteiger partial charge is 0.0540 e. The molecule has 0 aliphatic carbocycles. The molecule has 0 heterocycles. The lowest BCUT2D eigenvalue weighted by Crippen LogP contribution is -2.14. The van der Waals surface area contributed by atoms with E-state index in [2.05, 4.69) is 304 Å². The molecule has 0 fully saturated rings. The predicted molar refractivity (Wildman–Crippen MR) is 317 cm³/mol. The van der Waals surface area contributed by atoms with Crippen LogP contribution in [0.4, 0.5) is 34.1 Å². The van der Waals surface area contributed by atoms with Crippen LogP contribution in [0, 0.1) is 27.7 Å². The first-order valence-corrected chi connectivity index (χ1v) is 25.7. The van der Waals surface area contributed by atoms with E-state index in [1.807, 2.05) is 0 Å². The third kappa shape index (κ3) is 8.82. The van der Waals surface area contributed by atoms with Crippen LogP contribution in [0.2, 0.25) is 0 Å². The molecule has 0 saturated carbocycles. The summed E-state index contributed by atoms with van der Waals surface area (Å²) in [7, 11) is 0. The van der Waals surface area contributed by atoms with Gasteiger partial charge in [-0.1, -0.05) is 194 Å². The molecule has 2 nitrogen and oxygen atoms in total. The average Bonchev–Trinajstić information content (AvgIpc) is 3.45.